The Bertz CT molecular complexity index is 690. The molecular formula is C15H19N3O2S. The Balaban J connectivity index is 2.04. The van der Waals surface area contributed by atoms with Crippen molar-refractivity contribution < 1.29 is 9.53 Å². The van der Waals surface area contributed by atoms with Crippen molar-refractivity contribution in [2.24, 2.45) is 0 Å². The lowest BCUT2D eigenvalue weighted by Gasteiger charge is -2.26. The highest BCUT2D eigenvalue weighted by Crippen LogP contribution is 2.32. The fourth-order valence-electron chi connectivity index (χ4n) is 2.67. The predicted octanol–water partition coefficient (Wildman–Crippen LogP) is 2.34. The van der Waals surface area contributed by atoms with E-state index in [4.69, 9.17) is 4.74 Å². The van der Waals surface area contributed by atoms with Crippen LogP contribution in [0.15, 0.2) is 0 Å². The number of aryl methyl sites for hydroxylation is 3. The second-order valence-corrected chi connectivity index (χ2v) is 6.22. The number of fused-ring (bicyclic) bond motifs is 1. The highest BCUT2D eigenvalue weighted by Gasteiger charge is 2.24. The van der Waals surface area contributed by atoms with E-state index in [1.54, 1.807) is 0 Å². The molecule has 0 aromatic carbocycles. The SMILES string of the molecule is CCc1nc(C)c2c(C)c(C(=O)N3CCOCC3)sc2n1. The molecule has 1 aliphatic heterocycles. The Kier molecular flexibility index (Phi) is 3.91. The first-order chi connectivity index (χ1) is 10.1. The summed E-state index contributed by atoms with van der Waals surface area (Å²) in [6, 6.07) is 0. The third-order valence-corrected chi connectivity index (χ3v) is 5.00. The predicted molar refractivity (Wildman–Crippen MR) is 83.0 cm³/mol. The summed E-state index contributed by atoms with van der Waals surface area (Å²) in [4.78, 5) is 25.4. The van der Waals surface area contributed by atoms with E-state index in [0.29, 0.717) is 26.3 Å². The third-order valence-electron chi connectivity index (χ3n) is 3.83. The Morgan fingerprint density at radius 3 is 2.67 bits per heavy atom. The minimum Gasteiger partial charge on any atom is -0.378 e. The van der Waals surface area contributed by atoms with Gasteiger partial charge in [0.15, 0.2) is 0 Å². The van der Waals surface area contributed by atoms with Gasteiger partial charge in [0.05, 0.1) is 18.1 Å². The summed E-state index contributed by atoms with van der Waals surface area (Å²) in [6.07, 6.45) is 0.806. The van der Waals surface area contributed by atoms with Crippen LogP contribution in [-0.2, 0) is 11.2 Å². The molecule has 0 bridgehead atoms. The zero-order chi connectivity index (χ0) is 15.0. The van der Waals surface area contributed by atoms with Crippen LogP contribution < -0.4 is 0 Å². The van der Waals surface area contributed by atoms with Crippen molar-refractivity contribution in [3.8, 4) is 0 Å². The highest BCUT2D eigenvalue weighted by atomic mass is 32.1. The minimum absolute atomic E-state index is 0.0937. The monoisotopic (exact) mass is 305 g/mol. The smallest absolute Gasteiger partial charge is 0.264 e. The molecule has 1 saturated heterocycles. The molecule has 2 aromatic heterocycles. The van der Waals surface area contributed by atoms with Gasteiger partial charge in [-0.1, -0.05) is 6.92 Å². The second kappa shape index (κ2) is 5.69. The molecule has 0 saturated carbocycles. The molecule has 2 aromatic rings. The van der Waals surface area contributed by atoms with Crippen molar-refractivity contribution >= 4 is 27.5 Å². The van der Waals surface area contributed by atoms with E-state index in [9.17, 15) is 4.79 Å². The summed E-state index contributed by atoms with van der Waals surface area (Å²) in [7, 11) is 0. The number of ether oxygens (including phenoxy) is 1. The van der Waals surface area contributed by atoms with Gasteiger partial charge >= 0.3 is 0 Å². The largest absolute Gasteiger partial charge is 0.378 e. The summed E-state index contributed by atoms with van der Waals surface area (Å²) in [6.45, 7) is 8.60. The fourth-order valence-corrected chi connectivity index (χ4v) is 3.89. The normalized spacial score (nSPS) is 15.7. The van der Waals surface area contributed by atoms with Gasteiger partial charge in [-0.15, -0.1) is 11.3 Å². The van der Waals surface area contributed by atoms with Gasteiger partial charge < -0.3 is 9.64 Å². The first-order valence-corrected chi connectivity index (χ1v) is 8.07. The van der Waals surface area contributed by atoms with Crippen LogP contribution >= 0.6 is 11.3 Å². The van der Waals surface area contributed by atoms with E-state index in [1.807, 2.05) is 25.7 Å². The van der Waals surface area contributed by atoms with Crippen LogP contribution in [-0.4, -0.2) is 47.1 Å². The van der Waals surface area contributed by atoms with E-state index in [1.165, 1.54) is 11.3 Å². The van der Waals surface area contributed by atoms with Crippen molar-refractivity contribution in [3.05, 3.63) is 22.0 Å². The minimum atomic E-state index is 0.0937. The zero-order valence-corrected chi connectivity index (χ0v) is 13.4. The molecule has 3 rings (SSSR count). The average Bonchev–Trinajstić information content (AvgIpc) is 2.84. The molecular weight excluding hydrogens is 286 g/mol. The molecule has 6 heteroatoms. The average molecular weight is 305 g/mol. The number of carbonyl (C=O) groups is 1. The molecule has 0 spiro atoms. The number of hydrogen-bond donors (Lipinski definition) is 0. The maximum Gasteiger partial charge on any atom is 0.264 e. The summed E-state index contributed by atoms with van der Waals surface area (Å²) in [5, 5.41) is 1.04. The quantitative estimate of drug-likeness (QED) is 0.854. The number of morpholine rings is 1. The molecule has 5 nitrogen and oxygen atoms in total. The molecule has 112 valence electrons. The molecule has 0 unspecified atom stereocenters. The van der Waals surface area contributed by atoms with Gasteiger partial charge in [-0.25, -0.2) is 9.97 Å². The van der Waals surface area contributed by atoms with Crippen molar-refractivity contribution in [2.75, 3.05) is 26.3 Å². The number of hydrogen-bond acceptors (Lipinski definition) is 5. The molecule has 1 amide bonds. The summed E-state index contributed by atoms with van der Waals surface area (Å²) in [5.41, 5.74) is 1.97. The van der Waals surface area contributed by atoms with E-state index in [-0.39, 0.29) is 5.91 Å². The van der Waals surface area contributed by atoms with E-state index in [0.717, 1.165) is 38.6 Å². The lowest BCUT2D eigenvalue weighted by molar-refractivity contribution is 0.0306. The van der Waals surface area contributed by atoms with Crippen molar-refractivity contribution in [1.29, 1.82) is 0 Å². The standard InChI is InChI=1S/C15H19N3O2S/c1-4-11-16-10(3)12-9(2)13(21-14(12)17-11)15(19)18-5-7-20-8-6-18/h4-8H2,1-3H3. The van der Waals surface area contributed by atoms with Crippen molar-refractivity contribution in [1.82, 2.24) is 14.9 Å². The Morgan fingerprint density at radius 1 is 1.29 bits per heavy atom. The van der Waals surface area contributed by atoms with Gasteiger partial charge in [-0.05, 0) is 19.4 Å². The molecule has 3 heterocycles. The lowest BCUT2D eigenvalue weighted by Crippen LogP contribution is -2.40. The molecule has 21 heavy (non-hydrogen) atoms. The van der Waals surface area contributed by atoms with Gasteiger partial charge in [0.2, 0.25) is 0 Å². The molecule has 1 fully saturated rings. The van der Waals surface area contributed by atoms with Crippen LogP contribution in [0.2, 0.25) is 0 Å². The van der Waals surface area contributed by atoms with Crippen LogP contribution in [0.4, 0.5) is 0 Å². The maximum atomic E-state index is 12.7. The molecule has 0 radical (unpaired) electrons. The fraction of sp³-hybridized carbons (Fsp3) is 0.533. The van der Waals surface area contributed by atoms with Gasteiger partial charge in [-0.2, -0.15) is 0 Å². The molecule has 0 aliphatic carbocycles. The number of thiophene rings is 1. The summed E-state index contributed by atoms with van der Waals surface area (Å²) in [5.74, 6) is 0.933. The van der Waals surface area contributed by atoms with Crippen LogP contribution in [0.25, 0.3) is 10.2 Å². The second-order valence-electron chi connectivity index (χ2n) is 5.22. The summed E-state index contributed by atoms with van der Waals surface area (Å²) < 4.78 is 5.31. The molecule has 1 aliphatic rings. The topological polar surface area (TPSA) is 55.3 Å². The molecule has 0 atom stereocenters. The maximum absolute atomic E-state index is 12.7. The van der Waals surface area contributed by atoms with E-state index >= 15 is 0 Å². The Morgan fingerprint density at radius 2 is 2.00 bits per heavy atom. The van der Waals surface area contributed by atoms with E-state index in [2.05, 4.69) is 9.97 Å². The van der Waals surface area contributed by atoms with Gasteiger partial charge in [0.25, 0.3) is 5.91 Å². The number of nitrogens with zero attached hydrogens (tertiary/aromatic N) is 3. The number of aromatic nitrogens is 2. The number of rotatable bonds is 2. The third kappa shape index (κ3) is 2.53. The Hall–Kier alpha value is -1.53. The van der Waals surface area contributed by atoms with Crippen molar-refractivity contribution in [2.45, 2.75) is 27.2 Å². The summed E-state index contributed by atoms with van der Waals surface area (Å²) >= 11 is 1.49. The molecule has 0 N–H and O–H groups in total. The van der Waals surface area contributed by atoms with Crippen LogP contribution in [0.5, 0.6) is 0 Å². The van der Waals surface area contributed by atoms with Crippen LogP contribution in [0.1, 0.15) is 33.7 Å². The van der Waals surface area contributed by atoms with Crippen LogP contribution in [0.3, 0.4) is 0 Å². The Labute approximate surface area is 128 Å². The van der Waals surface area contributed by atoms with Gasteiger partial charge in [0.1, 0.15) is 10.7 Å². The van der Waals surface area contributed by atoms with Crippen LogP contribution in [0, 0.1) is 13.8 Å². The zero-order valence-electron chi connectivity index (χ0n) is 12.6. The lowest BCUT2D eigenvalue weighted by atomic mass is 10.1. The number of carbonyl (C=O) groups excluding carboxylic acids is 1. The van der Waals surface area contributed by atoms with Crippen molar-refractivity contribution in [3.63, 3.8) is 0 Å². The number of amides is 1. The first kappa shape index (κ1) is 14.4. The first-order valence-electron chi connectivity index (χ1n) is 7.25. The van der Waals surface area contributed by atoms with Gasteiger partial charge in [0, 0.05) is 30.6 Å². The highest BCUT2D eigenvalue weighted by molar-refractivity contribution is 7.20. The van der Waals surface area contributed by atoms with Gasteiger partial charge in [-0.3, -0.25) is 4.79 Å². The van der Waals surface area contributed by atoms with E-state index < -0.39 is 0 Å².